The summed E-state index contributed by atoms with van der Waals surface area (Å²) < 4.78 is 25.7. The molecule has 1 N–H and O–H groups in total. The molecule has 2 rings (SSSR count). The molecule has 2 aromatic rings. The highest BCUT2D eigenvalue weighted by Crippen LogP contribution is 2.22. The van der Waals surface area contributed by atoms with E-state index >= 15 is 0 Å². The molecule has 146 valence electrons. The van der Waals surface area contributed by atoms with Crippen LogP contribution in [-0.4, -0.2) is 27.1 Å². The Bertz CT molecular complexity index is 932. The Balaban J connectivity index is 2.23. The number of rotatable bonds is 6. The number of aryl methyl sites for hydroxylation is 4. The van der Waals surface area contributed by atoms with Gasteiger partial charge in [-0.2, -0.15) is 0 Å². The summed E-state index contributed by atoms with van der Waals surface area (Å²) in [6.07, 6.45) is 1.12. The number of nitrogens with zero attached hydrogens (tertiary/aromatic N) is 1. The SMILES string of the molecule is Cc1cc(C)cc(N(CC(=O)NC(C)c2cc(C)ccc2C)S(C)(=O)=O)c1. The number of nitrogens with one attached hydrogen (secondary N) is 1. The highest BCUT2D eigenvalue weighted by Gasteiger charge is 2.22. The smallest absolute Gasteiger partial charge is 0.241 e. The Morgan fingerprint density at radius 1 is 1.00 bits per heavy atom. The van der Waals surface area contributed by atoms with Crippen molar-refractivity contribution >= 4 is 21.6 Å². The van der Waals surface area contributed by atoms with Crippen LogP contribution in [0, 0.1) is 27.7 Å². The normalized spacial score (nSPS) is 12.5. The van der Waals surface area contributed by atoms with Crippen LogP contribution in [0.25, 0.3) is 0 Å². The maximum atomic E-state index is 12.6. The van der Waals surface area contributed by atoms with Gasteiger partial charge < -0.3 is 5.32 Å². The van der Waals surface area contributed by atoms with Gasteiger partial charge in [0.15, 0.2) is 0 Å². The molecule has 0 saturated heterocycles. The maximum Gasteiger partial charge on any atom is 0.241 e. The summed E-state index contributed by atoms with van der Waals surface area (Å²) in [5.74, 6) is -0.340. The summed E-state index contributed by atoms with van der Waals surface area (Å²) in [7, 11) is -3.59. The van der Waals surface area contributed by atoms with Crippen LogP contribution in [-0.2, 0) is 14.8 Å². The Hall–Kier alpha value is -2.34. The van der Waals surface area contributed by atoms with E-state index in [-0.39, 0.29) is 18.5 Å². The Kier molecular flexibility index (Phi) is 6.31. The number of carbonyl (C=O) groups is 1. The van der Waals surface area contributed by atoms with Crippen molar-refractivity contribution in [2.45, 2.75) is 40.7 Å². The maximum absolute atomic E-state index is 12.6. The number of hydrogen-bond acceptors (Lipinski definition) is 3. The van der Waals surface area contributed by atoms with Crippen LogP contribution >= 0.6 is 0 Å². The fourth-order valence-corrected chi connectivity index (χ4v) is 4.06. The van der Waals surface area contributed by atoms with Gasteiger partial charge in [0, 0.05) is 0 Å². The molecule has 0 aliphatic rings. The Morgan fingerprint density at radius 3 is 2.15 bits per heavy atom. The molecule has 5 nitrogen and oxygen atoms in total. The lowest BCUT2D eigenvalue weighted by Crippen LogP contribution is -2.41. The zero-order valence-corrected chi connectivity index (χ0v) is 17.6. The topological polar surface area (TPSA) is 66.5 Å². The van der Waals surface area contributed by atoms with Crippen molar-refractivity contribution in [2.75, 3.05) is 17.1 Å². The predicted molar refractivity (Wildman–Crippen MR) is 111 cm³/mol. The first kappa shape index (κ1) is 21.0. The standard InChI is InChI=1S/C21H28N2O3S/c1-14-7-8-17(4)20(12-14)18(5)22-21(24)13-23(27(6,25)26)19-10-15(2)9-16(3)11-19/h7-12,18H,13H2,1-6H3,(H,22,24). The van der Waals surface area contributed by atoms with Crippen molar-refractivity contribution in [1.82, 2.24) is 5.32 Å². The minimum absolute atomic E-state index is 0.210. The van der Waals surface area contributed by atoms with E-state index in [0.29, 0.717) is 5.69 Å². The highest BCUT2D eigenvalue weighted by molar-refractivity contribution is 7.92. The van der Waals surface area contributed by atoms with Crippen molar-refractivity contribution in [2.24, 2.45) is 0 Å². The lowest BCUT2D eigenvalue weighted by atomic mass is 10.00. The van der Waals surface area contributed by atoms with E-state index in [1.54, 1.807) is 12.1 Å². The van der Waals surface area contributed by atoms with Crippen molar-refractivity contribution < 1.29 is 13.2 Å². The van der Waals surface area contributed by atoms with Crippen LogP contribution in [0.1, 0.15) is 40.8 Å². The Labute approximate surface area is 162 Å². The molecule has 6 heteroatoms. The second-order valence-corrected chi connectivity index (χ2v) is 9.17. The lowest BCUT2D eigenvalue weighted by Gasteiger charge is -2.24. The first-order chi connectivity index (χ1) is 12.5. The quantitative estimate of drug-likeness (QED) is 0.823. The van der Waals surface area contributed by atoms with Crippen LogP contribution < -0.4 is 9.62 Å². The molecule has 0 aromatic heterocycles. The van der Waals surface area contributed by atoms with E-state index in [0.717, 1.165) is 38.4 Å². The first-order valence-electron chi connectivity index (χ1n) is 8.90. The zero-order valence-electron chi connectivity index (χ0n) is 16.8. The molecular formula is C21H28N2O3S. The van der Waals surface area contributed by atoms with E-state index in [1.807, 2.05) is 58.9 Å². The van der Waals surface area contributed by atoms with E-state index in [1.165, 1.54) is 0 Å². The third-order valence-corrected chi connectivity index (χ3v) is 5.60. The van der Waals surface area contributed by atoms with Gasteiger partial charge >= 0.3 is 0 Å². The molecule has 0 bridgehead atoms. The highest BCUT2D eigenvalue weighted by atomic mass is 32.2. The molecule has 0 fully saturated rings. The summed E-state index contributed by atoms with van der Waals surface area (Å²) in [6.45, 7) is 9.45. The third kappa shape index (κ3) is 5.57. The van der Waals surface area contributed by atoms with Gasteiger partial charge in [-0.1, -0.05) is 29.8 Å². The lowest BCUT2D eigenvalue weighted by molar-refractivity contribution is -0.120. The summed E-state index contributed by atoms with van der Waals surface area (Å²) in [5.41, 5.74) is 5.63. The fourth-order valence-electron chi connectivity index (χ4n) is 3.22. The van der Waals surface area contributed by atoms with Crippen molar-refractivity contribution in [3.63, 3.8) is 0 Å². The van der Waals surface area contributed by atoms with Gasteiger partial charge in [0.25, 0.3) is 0 Å². The average Bonchev–Trinajstić information content (AvgIpc) is 2.52. The number of hydrogen-bond donors (Lipinski definition) is 1. The van der Waals surface area contributed by atoms with Crippen LogP contribution in [0.15, 0.2) is 36.4 Å². The summed E-state index contributed by atoms with van der Waals surface area (Å²) in [6, 6.07) is 11.4. The fraction of sp³-hybridized carbons (Fsp3) is 0.381. The van der Waals surface area contributed by atoms with E-state index in [4.69, 9.17) is 0 Å². The van der Waals surface area contributed by atoms with Gasteiger partial charge in [-0.3, -0.25) is 9.10 Å². The molecule has 2 aromatic carbocycles. The summed E-state index contributed by atoms with van der Waals surface area (Å²) >= 11 is 0. The van der Waals surface area contributed by atoms with Crippen LogP contribution in [0.2, 0.25) is 0 Å². The molecule has 0 aliphatic carbocycles. The van der Waals surface area contributed by atoms with Crippen LogP contribution in [0.5, 0.6) is 0 Å². The molecule has 0 spiro atoms. The minimum atomic E-state index is -3.59. The molecular weight excluding hydrogens is 360 g/mol. The monoisotopic (exact) mass is 388 g/mol. The van der Waals surface area contributed by atoms with Gasteiger partial charge in [-0.15, -0.1) is 0 Å². The summed E-state index contributed by atoms with van der Waals surface area (Å²) in [4.78, 5) is 12.6. The molecule has 0 saturated carbocycles. The molecule has 1 unspecified atom stereocenters. The predicted octanol–water partition coefficient (Wildman–Crippen LogP) is 3.56. The van der Waals surface area contributed by atoms with Gasteiger partial charge in [-0.05, 0) is 69.0 Å². The van der Waals surface area contributed by atoms with E-state index in [9.17, 15) is 13.2 Å². The number of amides is 1. The second-order valence-electron chi connectivity index (χ2n) is 7.26. The van der Waals surface area contributed by atoms with Gasteiger partial charge in [0.1, 0.15) is 6.54 Å². The second kappa shape index (κ2) is 8.13. The van der Waals surface area contributed by atoms with E-state index in [2.05, 4.69) is 5.32 Å². The summed E-state index contributed by atoms with van der Waals surface area (Å²) in [5, 5.41) is 2.92. The molecule has 1 atom stereocenters. The zero-order chi connectivity index (χ0) is 20.4. The van der Waals surface area contributed by atoms with Gasteiger partial charge in [-0.25, -0.2) is 8.42 Å². The van der Waals surface area contributed by atoms with Gasteiger partial charge in [0.2, 0.25) is 15.9 Å². The largest absolute Gasteiger partial charge is 0.348 e. The molecule has 0 radical (unpaired) electrons. The third-order valence-electron chi connectivity index (χ3n) is 4.46. The number of sulfonamides is 1. The number of benzene rings is 2. The molecule has 0 heterocycles. The average molecular weight is 389 g/mol. The van der Waals surface area contributed by atoms with E-state index < -0.39 is 10.0 Å². The number of anilines is 1. The molecule has 27 heavy (non-hydrogen) atoms. The molecule has 0 aliphatic heterocycles. The number of carbonyl (C=O) groups excluding carboxylic acids is 1. The first-order valence-corrected chi connectivity index (χ1v) is 10.7. The van der Waals surface area contributed by atoms with Gasteiger partial charge in [0.05, 0.1) is 18.0 Å². The van der Waals surface area contributed by atoms with Crippen molar-refractivity contribution in [3.05, 3.63) is 64.2 Å². The minimum Gasteiger partial charge on any atom is -0.348 e. The van der Waals surface area contributed by atoms with Crippen LogP contribution in [0.4, 0.5) is 5.69 Å². The molecule has 1 amide bonds. The van der Waals surface area contributed by atoms with Crippen LogP contribution in [0.3, 0.4) is 0 Å². The van der Waals surface area contributed by atoms with Crippen molar-refractivity contribution in [3.8, 4) is 0 Å². The Morgan fingerprint density at radius 2 is 1.59 bits per heavy atom. The van der Waals surface area contributed by atoms with Crippen molar-refractivity contribution in [1.29, 1.82) is 0 Å².